The van der Waals surface area contributed by atoms with E-state index in [-0.39, 0.29) is 17.6 Å². The Morgan fingerprint density at radius 2 is 1.93 bits per heavy atom. The van der Waals surface area contributed by atoms with Crippen LogP contribution in [0.25, 0.3) is 5.78 Å². The largest absolute Gasteiger partial charge is 0.349 e. The van der Waals surface area contributed by atoms with E-state index < -0.39 is 5.54 Å². The lowest BCUT2D eigenvalue weighted by molar-refractivity contribution is -0.125. The van der Waals surface area contributed by atoms with Crippen molar-refractivity contribution in [3.8, 4) is 0 Å². The van der Waals surface area contributed by atoms with Crippen molar-refractivity contribution in [1.29, 1.82) is 0 Å². The van der Waals surface area contributed by atoms with E-state index in [1.165, 1.54) is 0 Å². The molecular formula is C17H22N8O2. The molecule has 1 N–H and O–H groups in total. The summed E-state index contributed by atoms with van der Waals surface area (Å²) in [6, 6.07) is 1.89. The summed E-state index contributed by atoms with van der Waals surface area (Å²) in [6.45, 7) is 4.64. The maximum absolute atomic E-state index is 13.0. The van der Waals surface area contributed by atoms with E-state index in [1.807, 2.05) is 34.0 Å². The van der Waals surface area contributed by atoms with Gasteiger partial charge in [0.2, 0.25) is 11.8 Å². The number of nitrogens with one attached hydrogen (secondary N) is 1. The number of amides is 2. The highest BCUT2D eigenvalue weighted by atomic mass is 16.2. The fourth-order valence-corrected chi connectivity index (χ4v) is 3.64. The van der Waals surface area contributed by atoms with Crippen LogP contribution in [0.15, 0.2) is 11.1 Å². The minimum atomic E-state index is -0.780. The molecule has 0 atom stereocenters. The number of hydrogen-bond acceptors (Lipinski definition) is 7. The van der Waals surface area contributed by atoms with Crippen molar-refractivity contribution < 1.29 is 9.59 Å². The SMILES string of the molecule is Cc1cc(C)n2c(C(=O)N3CCC4(CC3)N=C(N(C)C)NC4=O)nnc2n1. The Bertz CT molecular complexity index is 969. The van der Waals surface area contributed by atoms with Gasteiger partial charge in [0, 0.05) is 38.6 Å². The number of aliphatic imine (C=N–C) groups is 1. The van der Waals surface area contributed by atoms with Crippen LogP contribution in [-0.4, -0.2) is 79.9 Å². The van der Waals surface area contributed by atoms with Gasteiger partial charge in [0.1, 0.15) is 5.54 Å². The number of fused-ring (bicyclic) bond motifs is 1. The monoisotopic (exact) mass is 370 g/mol. The number of piperidine rings is 1. The van der Waals surface area contributed by atoms with Crippen LogP contribution in [0.4, 0.5) is 0 Å². The summed E-state index contributed by atoms with van der Waals surface area (Å²) in [5, 5.41) is 10.9. The first-order valence-corrected chi connectivity index (χ1v) is 8.88. The molecule has 1 fully saturated rings. The van der Waals surface area contributed by atoms with Crippen LogP contribution in [0.3, 0.4) is 0 Å². The summed E-state index contributed by atoms with van der Waals surface area (Å²) in [5.41, 5.74) is 0.903. The van der Waals surface area contributed by atoms with Crippen molar-refractivity contribution in [3.63, 3.8) is 0 Å². The van der Waals surface area contributed by atoms with E-state index in [0.717, 1.165) is 11.4 Å². The molecule has 0 radical (unpaired) electrons. The minimum absolute atomic E-state index is 0.0956. The standard InChI is InChI=1S/C17H22N8O2/c1-10-9-11(2)25-12(21-22-16(25)18-10)13(26)24-7-5-17(6-8-24)14(27)19-15(20-17)23(3)4/h9H,5-8H2,1-4H3,(H,19,20,27). The molecular weight excluding hydrogens is 348 g/mol. The smallest absolute Gasteiger partial charge is 0.292 e. The van der Waals surface area contributed by atoms with Gasteiger partial charge in [-0.2, -0.15) is 0 Å². The van der Waals surface area contributed by atoms with Crippen LogP contribution in [0, 0.1) is 13.8 Å². The van der Waals surface area contributed by atoms with Gasteiger partial charge < -0.3 is 9.80 Å². The first-order chi connectivity index (χ1) is 12.8. The lowest BCUT2D eigenvalue weighted by Gasteiger charge is -2.35. The normalized spacial score (nSPS) is 18.7. The number of hydrogen-bond donors (Lipinski definition) is 1. The third kappa shape index (κ3) is 2.71. The first-order valence-electron chi connectivity index (χ1n) is 8.88. The molecule has 0 unspecified atom stereocenters. The summed E-state index contributed by atoms with van der Waals surface area (Å²) in [6.07, 6.45) is 0.962. The number of likely N-dealkylation sites (tertiary alicyclic amines) is 1. The topological polar surface area (TPSA) is 108 Å². The molecule has 2 aromatic heterocycles. The zero-order valence-electron chi connectivity index (χ0n) is 15.9. The quantitative estimate of drug-likeness (QED) is 0.742. The van der Waals surface area contributed by atoms with Gasteiger partial charge in [-0.1, -0.05) is 0 Å². The predicted octanol–water partition coefficient (Wildman–Crippen LogP) is -0.237. The van der Waals surface area contributed by atoms with E-state index in [4.69, 9.17) is 0 Å². The molecule has 10 nitrogen and oxygen atoms in total. The second-order valence-corrected chi connectivity index (χ2v) is 7.31. The van der Waals surface area contributed by atoms with Gasteiger partial charge in [0.15, 0.2) is 0 Å². The minimum Gasteiger partial charge on any atom is -0.349 e. The summed E-state index contributed by atoms with van der Waals surface area (Å²) in [4.78, 5) is 37.8. The molecule has 142 valence electrons. The molecule has 0 aromatic carbocycles. The molecule has 0 bridgehead atoms. The van der Waals surface area contributed by atoms with E-state index >= 15 is 0 Å². The Hall–Kier alpha value is -3.04. The summed E-state index contributed by atoms with van der Waals surface area (Å²) >= 11 is 0. The Morgan fingerprint density at radius 3 is 2.56 bits per heavy atom. The van der Waals surface area contributed by atoms with Crippen molar-refractivity contribution in [2.75, 3.05) is 27.2 Å². The number of carbonyl (C=O) groups excluding carboxylic acids is 2. The summed E-state index contributed by atoms with van der Waals surface area (Å²) < 4.78 is 1.67. The highest BCUT2D eigenvalue weighted by Crippen LogP contribution is 2.30. The second kappa shape index (κ2) is 6.00. The van der Waals surface area contributed by atoms with Gasteiger partial charge in [-0.3, -0.25) is 19.3 Å². The molecule has 1 spiro atoms. The molecule has 2 aromatic rings. The predicted molar refractivity (Wildman–Crippen MR) is 97.4 cm³/mol. The fourth-order valence-electron chi connectivity index (χ4n) is 3.64. The van der Waals surface area contributed by atoms with Gasteiger partial charge >= 0.3 is 0 Å². The van der Waals surface area contributed by atoms with Gasteiger partial charge in [0.25, 0.3) is 17.6 Å². The van der Waals surface area contributed by atoms with E-state index in [0.29, 0.717) is 37.7 Å². The third-order valence-corrected chi connectivity index (χ3v) is 5.15. The second-order valence-electron chi connectivity index (χ2n) is 7.31. The molecule has 0 aliphatic carbocycles. The number of aromatic nitrogens is 4. The van der Waals surface area contributed by atoms with Crippen molar-refractivity contribution >= 4 is 23.6 Å². The van der Waals surface area contributed by atoms with Crippen LogP contribution >= 0.6 is 0 Å². The maximum atomic E-state index is 13.0. The molecule has 27 heavy (non-hydrogen) atoms. The number of carbonyl (C=O) groups is 2. The lowest BCUT2D eigenvalue weighted by Crippen LogP contribution is -2.51. The van der Waals surface area contributed by atoms with Crippen LogP contribution < -0.4 is 5.32 Å². The van der Waals surface area contributed by atoms with E-state index in [9.17, 15) is 9.59 Å². The number of aryl methyl sites for hydroxylation is 2. The Kier molecular flexibility index (Phi) is 3.86. The van der Waals surface area contributed by atoms with Crippen LogP contribution in [0.5, 0.6) is 0 Å². The van der Waals surface area contributed by atoms with Crippen molar-refractivity contribution in [2.24, 2.45) is 4.99 Å². The lowest BCUT2D eigenvalue weighted by atomic mass is 9.88. The van der Waals surface area contributed by atoms with Crippen LogP contribution in [0.2, 0.25) is 0 Å². The summed E-state index contributed by atoms with van der Waals surface area (Å²) in [5.74, 6) is 0.933. The molecule has 1 saturated heterocycles. The summed E-state index contributed by atoms with van der Waals surface area (Å²) in [7, 11) is 3.68. The average molecular weight is 370 g/mol. The van der Waals surface area contributed by atoms with E-state index in [2.05, 4.69) is 25.5 Å². The fraction of sp³-hybridized carbons (Fsp3) is 0.529. The van der Waals surface area contributed by atoms with Gasteiger partial charge in [0.05, 0.1) is 0 Å². The molecule has 4 rings (SSSR count). The highest BCUT2D eigenvalue weighted by Gasteiger charge is 2.47. The van der Waals surface area contributed by atoms with Gasteiger partial charge in [-0.25, -0.2) is 9.98 Å². The van der Waals surface area contributed by atoms with Crippen molar-refractivity contribution in [3.05, 3.63) is 23.3 Å². The first kappa shape index (κ1) is 17.4. The highest BCUT2D eigenvalue weighted by molar-refractivity contribution is 6.07. The molecule has 2 aliphatic heterocycles. The van der Waals surface area contributed by atoms with Gasteiger partial charge in [-0.05, 0) is 32.8 Å². The zero-order valence-corrected chi connectivity index (χ0v) is 15.9. The Labute approximate surface area is 156 Å². The van der Waals surface area contributed by atoms with E-state index in [1.54, 1.807) is 14.2 Å². The van der Waals surface area contributed by atoms with Gasteiger partial charge in [-0.15, -0.1) is 10.2 Å². The molecule has 2 aliphatic rings. The third-order valence-electron chi connectivity index (χ3n) is 5.15. The molecule has 2 amide bonds. The van der Waals surface area contributed by atoms with Crippen molar-refractivity contribution in [1.82, 2.24) is 34.7 Å². The number of nitrogens with zero attached hydrogens (tertiary/aromatic N) is 7. The molecule has 0 saturated carbocycles. The number of rotatable bonds is 1. The zero-order chi connectivity index (χ0) is 19.3. The molecule has 10 heteroatoms. The average Bonchev–Trinajstić information content (AvgIpc) is 3.17. The maximum Gasteiger partial charge on any atom is 0.292 e. The molecule has 4 heterocycles. The Balaban J connectivity index is 1.56. The van der Waals surface area contributed by atoms with Crippen LogP contribution in [0.1, 0.15) is 34.8 Å². The number of guanidine groups is 1. The van der Waals surface area contributed by atoms with Crippen molar-refractivity contribution in [2.45, 2.75) is 32.2 Å². The Morgan fingerprint density at radius 1 is 1.22 bits per heavy atom. The van der Waals surface area contributed by atoms with Crippen LogP contribution in [-0.2, 0) is 4.79 Å².